The van der Waals surface area contributed by atoms with Crippen LogP contribution in [-0.4, -0.2) is 36.6 Å². The summed E-state index contributed by atoms with van der Waals surface area (Å²) in [5.41, 5.74) is -0.324. The zero-order chi connectivity index (χ0) is 11.9. The minimum atomic E-state index is -0.324. The van der Waals surface area contributed by atoms with Crippen molar-refractivity contribution in [3.05, 3.63) is 0 Å². The van der Waals surface area contributed by atoms with Gasteiger partial charge in [-0.05, 0) is 65.2 Å². The molecule has 0 aromatic carbocycles. The summed E-state index contributed by atoms with van der Waals surface area (Å²) in [5, 5.41) is 12.5. The summed E-state index contributed by atoms with van der Waals surface area (Å²) in [4.78, 5) is 2.51. The van der Waals surface area contributed by atoms with Crippen molar-refractivity contribution in [1.82, 2.24) is 10.2 Å². The van der Waals surface area contributed by atoms with Gasteiger partial charge in [-0.1, -0.05) is 6.92 Å². The third kappa shape index (κ3) is 4.51. The molecule has 0 aromatic heterocycles. The van der Waals surface area contributed by atoms with Crippen LogP contribution in [0.1, 0.15) is 46.0 Å². The van der Waals surface area contributed by atoms with E-state index in [1.54, 1.807) is 0 Å². The maximum absolute atomic E-state index is 9.18. The van der Waals surface area contributed by atoms with Gasteiger partial charge in [-0.2, -0.15) is 5.26 Å². The van der Waals surface area contributed by atoms with Crippen molar-refractivity contribution in [2.24, 2.45) is 0 Å². The summed E-state index contributed by atoms with van der Waals surface area (Å²) >= 11 is 0. The predicted octanol–water partition coefficient (Wildman–Crippen LogP) is 2.14. The van der Waals surface area contributed by atoms with Crippen LogP contribution in [0.2, 0.25) is 0 Å². The molecule has 0 bridgehead atoms. The van der Waals surface area contributed by atoms with E-state index in [0.717, 1.165) is 32.4 Å². The van der Waals surface area contributed by atoms with Gasteiger partial charge >= 0.3 is 0 Å². The van der Waals surface area contributed by atoms with Crippen molar-refractivity contribution in [1.29, 1.82) is 5.26 Å². The summed E-state index contributed by atoms with van der Waals surface area (Å²) in [6.07, 6.45) is 5.87. The van der Waals surface area contributed by atoms with Gasteiger partial charge in [0.2, 0.25) is 0 Å². The zero-order valence-corrected chi connectivity index (χ0v) is 10.8. The number of hydrogen-bond donors (Lipinski definition) is 1. The highest BCUT2D eigenvalue weighted by Crippen LogP contribution is 2.14. The molecule has 1 atom stereocenters. The molecule has 1 saturated heterocycles. The molecule has 1 N–H and O–H groups in total. The summed E-state index contributed by atoms with van der Waals surface area (Å²) in [5.74, 6) is 0. The van der Waals surface area contributed by atoms with Crippen LogP contribution in [0.15, 0.2) is 0 Å². The van der Waals surface area contributed by atoms with Gasteiger partial charge in [0.1, 0.15) is 5.54 Å². The lowest BCUT2D eigenvalue weighted by Crippen LogP contribution is -2.41. The smallest absolute Gasteiger partial charge is 0.103 e. The molecule has 1 aliphatic heterocycles. The summed E-state index contributed by atoms with van der Waals surface area (Å²) in [6, 6.07) is 2.41. The fraction of sp³-hybridized carbons (Fsp3) is 0.923. The first-order chi connectivity index (χ1) is 7.70. The van der Waals surface area contributed by atoms with E-state index in [0.29, 0.717) is 0 Å². The van der Waals surface area contributed by atoms with E-state index in [1.165, 1.54) is 25.9 Å². The van der Waals surface area contributed by atoms with Crippen molar-refractivity contribution < 1.29 is 0 Å². The second kappa shape index (κ2) is 6.88. The minimum Gasteiger partial charge on any atom is -0.303 e. The highest BCUT2D eigenvalue weighted by Gasteiger charge is 2.22. The molecule has 1 aliphatic rings. The van der Waals surface area contributed by atoms with Gasteiger partial charge < -0.3 is 4.90 Å². The standard InChI is InChI=1S/C13H25N3/c1-3-8-15-13(2,12-14)7-6-11-16-9-4-5-10-16/h15H,3-11H2,1-2H3. The number of nitrogens with zero attached hydrogens (tertiary/aromatic N) is 2. The molecule has 0 amide bonds. The Morgan fingerprint density at radius 2 is 2.06 bits per heavy atom. The highest BCUT2D eigenvalue weighted by molar-refractivity contribution is 5.03. The van der Waals surface area contributed by atoms with Crippen LogP contribution < -0.4 is 5.32 Å². The monoisotopic (exact) mass is 223 g/mol. The van der Waals surface area contributed by atoms with Crippen molar-refractivity contribution in [3.63, 3.8) is 0 Å². The minimum absolute atomic E-state index is 0.324. The molecule has 92 valence electrons. The van der Waals surface area contributed by atoms with Crippen LogP contribution >= 0.6 is 0 Å². The van der Waals surface area contributed by atoms with Crippen LogP contribution in [0, 0.1) is 11.3 Å². The van der Waals surface area contributed by atoms with E-state index in [2.05, 4.69) is 23.2 Å². The molecule has 1 unspecified atom stereocenters. The third-order valence-corrected chi connectivity index (χ3v) is 3.36. The molecule has 16 heavy (non-hydrogen) atoms. The predicted molar refractivity (Wildman–Crippen MR) is 67.2 cm³/mol. The number of rotatable bonds is 7. The Morgan fingerprint density at radius 3 is 2.62 bits per heavy atom. The van der Waals surface area contributed by atoms with Gasteiger partial charge in [0.25, 0.3) is 0 Å². The first kappa shape index (κ1) is 13.5. The summed E-state index contributed by atoms with van der Waals surface area (Å²) in [6.45, 7) is 8.76. The Balaban J connectivity index is 2.19. The third-order valence-electron chi connectivity index (χ3n) is 3.36. The van der Waals surface area contributed by atoms with E-state index in [4.69, 9.17) is 0 Å². The quantitative estimate of drug-likeness (QED) is 0.719. The fourth-order valence-corrected chi connectivity index (χ4v) is 2.25. The van der Waals surface area contributed by atoms with E-state index in [9.17, 15) is 5.26 Å². The molecule has 3 heteroatoms. The molecular formula is C13H25N3. The molecule has 0 spiro atoms. The normalized spacial score (nSPS) is 20.6. The summed E-state index contributed by atoms with van der Waals surface area (Å²) in [7, 11) is 0. The SMILES string of the molecule is CCCNC(C)(C#N)CCCN1CCCC1. The van der Waals surface area contributed by atoms with Gasteiger partial charge in [-0.3, -0.25) is 5.32 Å². The maximum Gasteiger partial charge on any atom is 0.103 e. The van der Waals surface area contributed by atoms with Gasteiger partial charge in [0.05, 0.1) is 6.07 Å². The van der Waals surface area contributed by atoms with Gasteiger partial charge in [0, 0.05) is 0 Å². The van der Waals surface area contributed by atoms with Gasteiger partial charge in [-0.25, -0.2) is 0 Å². The Bertz CT molecular complexity index is 228. The fourth-order valence-electron chi connectivity index (χ4n) is 2.25. The maximum atomic E-state index is 9.18. The molecule has 3 nitrogen and oxygen atoms in total. The van der Waals surface area contributed by atoms with Crippen molar-refractivity contribution in [2.75, 3.05) is 26.2 Å². The topological polar surface area (TPSA) is 39.1 Å². The average molecular weight is 223 g/mol. The van der Waals surface area contributed by atoms with Gasteiger partial charge in [-0.15, -0.1) is 0 Å². The lowest BCUT2D eigenvalue weighted by atomic mass is 9.97. The molecule has 0 radical (unpaired) electrons. The molecule has 0 aromatic rings. The Kier molecular flexibility index (Phi) is 5.79. The van der Waals surface area contributed by atoms with E-state index < -0.39 is 0 Å². The first-order valence-corrected chi connectivity index (χ1v) is 6.59. The molecule has 1 rings (SSSR count). The molecular weight excluding hydrogens is 198 g/mol. The lowest BCUT2D eigenvalue weighted by Gasteiger charge is -2.24. The Labute approximate surface area is 99.8 Å². The molecule has 1 heterocycles. The largest absolute Gasteiger partial charge is 0.303 e. The van der Waals surface area contributed by atoms with Crippen LogP contribution in [0.3, 0.4) is 0 Å². The number of hydrogen-bond acceptors (Lipinski definition) is 3. The van der Waals surface area contributed by atoms with Crippen molar-refractivity contribution >= 4 is 0 Å². The van der Waals surface area contributed by atoms with Crippen LogP contribution in [0.4, 0.5) is 0 Å². The van der Waals surface area contributed by atoms with Crippen LogP contribution in [0.5, 0.6) is 0 Å². The molecule has 1 fully saturated rings. The number of nitriles is 1. The van der Waals surface area contributed by atoms with E-state index in [1.807, 2.05) is 6.92 Å². The van der Waals surface area contributed by atoms with Crippen LogP contribution in [-0.2, 0) is 0 Å². The van der Waals surface area contributed by atoms with Crippen LogP contribution in [0.25, 0.3) is 0 Å². The Morgan fingerprint density at radius 1 is 1.38 bits per heavy atom. The van der Waals surface area contributed by atoms with E-state index >= 15 is 0 Å². The second-order valence-corrected chi connectivity index (χ2v) is 5.02. The molecule has 0 aliphatic carbocycles. The van der Waals surface area contributed by atoms with Gasteiger partial charge in [0.15, 0.2) is 0 Å². The highest BCUT2D eigenvalue weighted by atomic mass is 15.1. The number of likely N-dealkylation sites (tertiary alicyclic amines) is 1. The van der Waals surface area contributed by atoms with E-state index in [-0.39, 0.29) is 5.54 Å². The lowest BCUT2D eigenvalue weighted by molar-refractivity contribution is 0.307. The Hall–Kier alpha value is -0.590. The number of nitrogens with one attached hydrogen (secondary N) is 1. The molecule has 0 saturated carbocycles. The van der Waals surface area contributed by atoms with Crippen molar-refractivity contribution in [2.45, 2.75) is 51.5 Å². The zero-order valence-electron chi connectivity index (χ0n) is 10.8. The summed E-state index contributed by atoms with van der Waals surface area (Å²) < 4.78 is 0. The first-order valence-electron chi connectivity index (χ1n) is 6.59. The van der Waals surface area contributed by atoms with Crippen molar-refractivity contribution in [3.8, 4) is 6.07 Å². The average Bonchev–Trinajstić information content (AvgIpc) is 2.79. The second-order valence-electron chi connectivity index (χ2n) is 5.02.